The molecule has 0 aromatic heterocycles. The van der Waals surface area contributed by atoms with E-state index in [9.17, 15) is 14.4 Å². The first-order chi connectivity index (χ1) is 21.2. The van der Waals surface area contributed by atoms with E-state index in [1.165, 1.54) is 12.0 Å². The van der Waals surface area contributed by atoms with Gasteiger partial charge in [-0.05, 0) is 74.6 Å². The minimum atomic E-state index is -1.32. The number of hydrogen-bond acceptors (Lipinski definition) is 7. The van der Waals surface area contributed by atoms with Crippen LogP contribution in [0, 0.1) is 17.8 Å². The van der Waals surface area contributed by atoms with Crippen molar-refractivity contribution in [1.82, 2.24) is 4.90 Å². The van der Waals surface area contributed by atoms with Crippen molar-refractivity contribution in [3.63, 3.8) is 0 Å². The average molecular weight is 615 g/mol. The molecular formula is C36H42N2O7. The number of hydrogen-bond donors (Lipinski definition) is 0. The monoisotopic (exact) mass is 614 g/mol. The fourth-order valence-corrected chi connectivity index (χ4v) is 6.02. The van der Waals surface area contributed by atoms with Gasteiger partial charge in [-0.3, -0.25) is 29.0 Å². The molecular weight excluding hydrogens is 572 g/mol. The zero-order chi connectivity index (χ0) is 33.3. The van der Waals surface area contributed by atoms with Gasteiger partial charge in [0.1, 0.15) is 17.5 Å². The van der Waals surface area contributed by atoms with Crippen LogP contribution in [-0.2, 0) is 14.3 Å². The van der Waals surface area contributed by atoms with Gasteiger partial charge in [0.15, 0.2) is 0 Å². The average Bonchev–Trinajstić information content (AvgIpc) is 3.24. The topological polar surface area (TPSA) is 102 Å². The summed E-state index contributed by atoms with van der Waals surface area (Å²) in [5, 5.41) is 0. The maximum Gasteiger partial charge on any atom is 0.313 e. The van der Waals surface area contributed by atoms with E-state index >= 15 is 4.79 Å². The standard InChI is InChI=1S/C36H42N2O7/c1-10-45-34(42)36(6,7)29(23-18-20-24(43-8)21-19-23)37(28-22(2)14-13-17-27(28)44-9)33(41)30(35(3,4)5)38-31(39)25-15-11-12-16-26(25)32(38)40/h11-21,29-30H,10H2,1-9H3/t29-,30+/m0/s1. The molecule has 2 atom stereocenters. The van der Waals surface area contributed by atoms with Crippen molar-refractivity contribution in [3.05, 3.63) is 89.0 Å². The number of anilines is 1. The first kappa shape index (κ1) is 33.2. The van der Waals surface area contributed by atoms with Gasteiger partial charge in [0.25, 0.3) is 17.7 Å². The van der Waals surface area contributed by atoms with Crippen LogP contribution in [0.2, 0.25) is 0 Å². The number of carbonyl (C=O) groups excluding carboxylic acids is 4. The van der Waals surface area contributed by atoms with E-state index in [1.807, 2.05) is 39.8 Å². The second-order valence-electron chi connectivity index (χ2n) is 12.7. The third-order valence-electron chi connectivity index (χ3n) is 8.21. The SMILES string of the molecule is CCOC(=O)C(C)(C)[C@H](c1ccc(OC)cc1)N(C(=O)[C@@H](N1C(=O)c2ccccc2C1=O)C(C)(C)C)c1c(C)cccc1OC. The molecule has 1 heterocycles. The molecule has 0 unspecified atom stereocenters. The Bertz CT molecular complexity index is 1570. The first-order valence-electron chi connectivity index (χ1n) is 14.9. The maximum absolute atomic E-state index is 15.5. The molecule has 238 valence electrons. The molecule has 9 heteroatoms. The van der Waals surface area contributed by atoms with Gasteiger partial charge in [-0.15, -0.1) is 0 Å². The van der Waals surface area contributed by atoms with Gasteiger partial charge in [0.2, 0.25) is 0 Å². The molecule has 9 nitrogen and oxygen atoms in total. The number of ether oxygens (including phenoxy) is 3. The highest BCUT2D eigenvalue weighted by atomic mass is 16.5. The molecule has 1 aliphatic heterocycles. The summed E-state index contributed by atoms with van der Waals surface area (Å²) in [5.41, 5.74) is -0.0477. The highest BCUT2D eigenvalue weighted by Gasteiger charge is 2.53. The van der Waals surface area contributed by atoms with Crippen LogP contribution in [0.3, 0.4) is 0 Å². The van der Waals surface area contributed by atoms with Crippen LogP contribution in [0.5, 0.6) is 11.5 Å². The van der Waals surface area contributed by atoms with Gasteiger partial charge >= 0.3 is 5.97 Å². The Morgan fingerprint density at radius 1 is 0.822 bits per heavy atom. The molecule has 3 aromatic rings. The number of rotatable bonds is 10. The van der Waals surface area contributed by atoms with Crippen LogP contribution in [0.1, 0.15) is 79.4 Å². The number of amides is 3. The Balaban J connectivity index is 2.05. The molecule has 1 aliphatic rings. The lowest BCUT2D eigenvalue weighted by Gasteiger charge is -2.46. The van der Waals surface area contributed by atoms with Gasteiger partial charge in [-0.2, -0.15) is 0 Å². The van der Waals surface area contributed by atoms with Crippen molar-refractivity contribution in [2.45, 2.75) is 60.5 Å². The minimum Gasteiger partial charge on any atom is -0.497 e. The molecule has 3 aromatic carbocycles. The summed E-state index contributed by atoms with van der Waals surface area (Å²) in [6.45, 7) is 12.6. The van der Waals surface area contributed by atoms with Crippen molar-refractivity contribution in [2.75, 3.05) is 25.7 Å². The van der Waals surface area contributed by atoms with Crippen LogP contribution in [0.15, 0.2) is 66.7 Å². The van der Waals surface area contributed by atoms with Crippen molar-refractivity contribution in [3.8, 4) is 11.5 Å². The maximum atomic E-state index is 15.5. The molecule has 3 amide bonds. The normalized spacial score (nSPS) is 14.5. The second kappa shape index (κ2) is 12.8. The third kappa shape index (κ3) is 6.03. The second-order valence-corrected chi connectivity index (χ2v) is 12.7. The molecule has 0 spiro atoms. The number of aryl methyl sites for hydroxylation is 1. The Morgan fingerprint density at radius 2 is 1.40 bits per heavy atom. The highest BCUT2D eigenvalue weighted by Crippen LogP contribution is 2.48. The third-order valence-corrected chi connectivity index (χ3v) is 8.21. The summed E-state index contributed by atoms with van der Waals surface area (Å²) >= 11 is 0. The summed E-state index contributed by atoms with van der Waals surface area (Å²) in [6, 6.07) is 16.8. The van der Waals surface area contributed by atoms with Crippen LogP contribution in [0.25, 0.3) is 0 Å². The van der Waals surface area contributed by atoms with E-state index < -0.39 is 46.6 Å². The lowest BCUT2D eigenvalue weighted by molar-refractivity contribution is -0.155. The van der Waals surface area contributed by atoms with E-state index in [-0.39, 0.29) is 17.7 Å². The molecule has 0 saturated heterocycles. The smallest absolute Gasteiger partial charge is 0.313 e. The fraction of sp³-hybridized carbons (Fsp3) is 0.389. The zero-order valence-corrected chi connectivity index (χ0v) is 27.5. The molecule has 0 saturated carbocycles. The van der Waals surface area contributed by atoms with Crippen molar-refractivity contribution in [2.24, 2.45) is 10.8 Å². The summed E-state index contributed by atoms with van der Waals surface area (Å²) in [5.74, 6) is -1.20. The molecule has 0 N–H and O–H groups in total. The summed E-state index contributed by atoms with van der Waals surface area (Å²) in [7, 11) is 3.06. The van der Waals surface area contributed by atoms with Gasteiger partial charge in [0, 0.05) is 0 Å². The lowest BCUT2D eigenvalue weighted by atomic mass is 9.77. The number of para-hydroxylation sites is 1. The number of benzene rings is 3. The Labute approximate surface area is 265 Å². The highest BCUT2D eigenvalue weighted by molar-refractivity contribution is 6.23. The molecule has 0 bridgehead atoms. The fourth-order valence-electron chi connectivity index (χ4n) is 6.02. The number of esters is 1. The zero-order valence-electron chi connectivity index (χ0n) is 27.5. The van der Waals surface area contributed by atoms with Crippen molar-refractivity contribution >= 4 is 29.4 Å². The van der Waals surface area contributed by atoms with Gasteiger partial charge in [0.05, 0.1) is 49.1 Å². The Kier molecular flexibility index (Phi) is 9.42. The number of carbonyl (C=O) groups is 4. The number of nitrogens with zero attached hydrogens (tertiary/aromatic N) is 2. The quantitative estimate of drug-likeness (QED) is 0.193. The Hall–Kier alpha value is -4.66. The van der Waals surface area contributed by atoms with Gasteiger partial charge < -0.3 is 14.2 Å². The van der Waals surface area contributed by atoms with Crippen LogP contribution < -0.4 is 14.4 Å². The van der Waals surface area contributed by atoms with E-state index in [0.29, 0.717) is 28.3 Å². The predicted octanol–water partition coefficient (Wildman–Crippen LogP) is 6.39. The molecule has 45 heavy (non-hydrogen) atoms. The number of fused-ring (bicyclic) bond motifs is 1. The van der Waals surface area contributed by atoms with Crippen LogP contribution in [0.4, 0.5) is 5.69 Å². The van der Waals surface area contributed by atoms with Crippen molar-refractivity contribution in [1.29, 1.82) is 0 Å². The first-order valence-corrected chi connectivity index (χ1v) is 14.9. The lowest BCUT2D eigenvalue weighted by Crippen LogP contribution is -2.59. The molecule has 0 radical (unpaired) electrons. The largest absolute Gasteiger partial charge is 0.497 e. The summed E-state index contributed by atoms with van der Waals surface area (Å²) < 4.78 is 16.8. The minimum absolute atomic E-state index is 0.138. The summed E-state index contributed by atoms with van der Waals surface area (Å²) in [6.07, 6.45) is 0. The molecule has 0 fully saturated rings. The van der Waals surface area contributed by atoms with Crippen LogP contribution in [-0.4, -0.2) is 55.5 Å². The van der Waals surface area contributed by atoms with E-state index in [2.05, 4.69) is 0 Å². The number of methoxy groups -OCH3 is 2. The van der Waals surface area contributed by atoms with Crippen LogP contribution >= 0.6 is 0 Å². The van der Waals surface area contributed by atoms with Crippen molar-refractivity contribution < 1.29 is 33.4 Å². The van der Waals surface area contributed by atoms with E-state index in [4.69, 9.17) is 14.2 Å². The summed E-state index contributed by atoms with van der Waals surface area (Å²) in [4.78, 5) is 59.5. The number of imide groups is 1. The molecule has 0 aliphatic carbocycles. The van der Waals surface area contributed by atoms with Gasteiger partial charge in [-0.1, -0.05) is 57.2 Å². The van der Waals surface area contributed by atoms with E-state index in [0.717, 1.165) is 4.90 Å². The van der Waals surface area contributed by atoms with E-state index in [1.54, 1.807) is 82.5 Å². The molecule has 4 rings (SSSR count). The predicted molar refractivity (Wildman–Crippen MR) is 172 cm³/mol. The van der Waals surface area contributed by atoms with Gasteiger partial charge in [-0.25, -0.2) is 0 Å². The Morgan fingerprint density at radius 3 is 1.89 bits per heavy atom.